The Morgan fingerprint density at radius 3 is 2.31 bits per heavy atom. The molecule has 5 aromatic carbocycles. The van der Waals surface area contributed by atoms with Crippen molar-refractivity contribution in [1.29, 1.82) is 0 Å². The van der Waals surface area contributed by atoms with Gasteiger partial charge in [0.15, 0.2) is 0 Å². The summed E-state index contributed by atoms with van der Waals surface area (Å²) < 4.78 is 17.3. The summed E-state index contributed by atoms with van der Waals surface area (Å²) in [4.78, 5) is 4.89. The quantitative estimate of drug-likeness (QED) is 0.162. The Morgan fingerprint density at radius 1 is 0.769 bits per heavy atom. The summed E-state index contributed by atoms with van der Waals surface area (Å²) in [5, 5.41) is 9.09. The first kappa shape index (κ1) is 33.7. The number of ether oxygens (including phenoxy) is 1. The molecule has 52 heavy (non-hydrogen) atoms. The van der Waals surface area contributed by atoms with Crippen LogP contribution in [0, 0.1) is 32.9 Å². The van der Waals surface area contributed by atoms with Gasteiger partial charge >= 0.3 is 21.1 Å². The Kier molecular flexibility index (Phi) is 8.19. The molecule has 258 valence electrons. The third-order valence-corrected chi connectivity index (χ3v) is 9.73. The molecule has 0 spiro atoms. The first-order valence-corrected chi connectivity index (χ1v) is 17.2. The van der Waals surface area contributed by atoms with Gasteiger partial charge in [-0.3, -0.25) is 4.68 Å². The number of fused-ring (bicyclic) bond motifs is 7. The zero-order chi connectivity index (χ0) is 35.0. The van der Waals surface area contributed by atoms with E-state index in [1.54, 1.807) is 0 Å². The number of rotatable bonds is 5. The van der Waals surface area contributed by atoms with Crippen molar-refractivity contribution in [3.05, 3.63) is 144 Å². The minimum absolute atomic E-state index is 0. The van der Waals surface area contributed by atoms with Gasteiger partial charge in [0, 0.05) is 34.6 Å². The molecule has 0 radical (unpaired) electrons. The number of aromatic nitrogens is 4. The summed E-state index contributed by atoms with van der Waals surface area (Å²) in [6, 6.07) is 40.2. The zero-order valence-electron chi connectivity index (χ0n) is 29.8. The van der Waals surface area contributed by atoms with Crippen LogP contribution in [0.2, 0.25) is 0 Å². The Bertz CT molecular complexity index is 2790. The summed E-state index contributed by atoms with van der Waals surface area (Å²) in [6.45, 7) is 13.1. The standard InChI is InChI=1S/C45H36N4O2.Pt/c1-27-22-28(2)41(29(3)23-27)35-19-21-48(47-35)31-12-11-13-32(25-31)50-39-26-37-42(43-34-15-8-10-17-38(34)51-44(39)43)33-14-7-9-16-36(33)49(37)40-24-30(18-20-46-40)45(4,5)6;/h7-24H,1-6H3;/q-2;+2. The largest absolute Gasteiger partial charge is 2.00 e. The first-order valence-electron chi connectivity index (χ1n) is 17.2. The number of hydrogen-bond donors (Lipinski definition) is 0. The molecule has 0 aliphatic rings. The van der Waals surface area contributed by atoms with E-state index in [2.05, 4.69) is 113 Å². The van der Waals surface area contributed by atoms with Crippen LogP contribution in [-0.4, -0.2) is 19.3 Å². The first-order chi connectivity index (χ1) is 24.6. The Balaban J connectivity index is 0.00000387. The Labute approximate surface area is 316 Å². The average Bonchev–Trinajstić information content (AvgIpc) is 3.82. The normalized spacial score (nSPS) is 11.9. The van der Waals surface area contributed by atoms with E-state index in [-0.39, 0.29) is 26.5 Å². The van der Waals surface area contributed by atoms with Gasteiger partial charge in [-0.05, 0) is 84.3 Å². The predicted molar refractivity (Wildman–Crippen MR) is 206 cm³/mol. The van der Waals surface area contributed by atoms with Crippen LogP contribution < -0.4 is 4.74 Å². The Hall–Kier alpha value is -5.45. The second kappa shape index (κ2) is 12.6. The van der Waals surface area contributed by atoms with Gasteiger partial charge in [0.1, 0.15) is 11.4 Å². The van der Waals surface area contributed by atoms with E-state index in [0.29, 0.717) is 17.1 Å². The van der Waals surface area contributed by atoms with Crippen LogP contribution >= 0.6 is 0 Å². The van der Waals surface area contributed by atoms with Crippen LogP contribution in [-0.2, 0) is 26.5 Å². The van der Waals surface area contributed by atoms with Crippen molar-refractivity contribution in [1.82, 2.24) is 19.3 Å². The van der Waals surface area contributed by atoms with Gasteiger partial charge in [-0.1, -0.05) is 91.2 Å². The number of para-hydroxylation sites is 2. The van der Waals surface area contributed by atoms with E-state index in [4.69, 9.17) is 19.2 Å². The SMILES string of the molecule is Cc1cc(C)c(-c2ccn(-c3[c-]c(Oc4[c-]c5c(c6ccccc6n5-c5cc(C(C)(C)C)ccn5)c5c4oc4ccccc45)ccc3)n2)c(C)c1.[Pt+2]. The molecule has 4 heterocycles. The van der Waals surface area contributed by atoms with Gasteiger partial charge in [-0.2, -0.15) is 11.2 Å². The van der Waals surface area contributed by atoms with Crippen molar-refractivity contribution in [3.63, 3.8) is 0 Å². The number of pyridine rings is 1. The summed E-state index contributed by atoms with van der Waals surface area (Å²) in [5.74, 6) is 1.83. The molecule has 0 bridgehead atoms. The van der Waals surface area contributed by atoms with Gasteiger partial charge < -0.3 is 13.7 Å². The van der Waals surface area contributed by atoms with Crippen molar-refractivity contribution in [2.24, 2.45) is 0 Å². The molecule has 0 saturated heterocycles. The van der Waals surface area contributed by atoms with Crippen molar-refractivity contribution in [3.8, 4) is 34.3 Å². The molecule has 0 atom stereocenters. The number of nitrogens with zero attached hydrogens (tertiary/aromatic N) is 4. The molecule has 0 fully saturated rings. The summed E-state index contributed by atoms with van der Waals surface area (Å²) >= 11 is 0. The average molecular weight is 860 g/mol. The molecule has 7 heteroatoms. The maximum Gasteiger partial charge on any atom is 2.00 e. The second-order valence-corrected chi connectivity index (χ2v) is 14.4. The number of hydrogen-bond acceptors (Lipinski definition) is 4. The number of aryl methyl sites for hydroxylation is 3. The fourth-order valence-electron chi connectivity index (χ4n) is 7.46. The predicted octanol–water partition coefficient (Wildman–Crippen LogP) is 11.5. The summed E-state index contributed by atoms with van der Waals surface area (Å²) in [5.41, 5.74) is 11.0. The molecule has 0 N–H and O–H groups in total. The van der Waals surface area contributed by atoms with Crippen LogP contribution in [0.15, 0.2) is 114 Å². The van der Waals surface area contributed by atoms with Crippen LogP contribution in [0.25, 0.3) is 66.5 Å². The van der Waals surface area contributed by atoms with Crippen molar-refractivity contribution < 1.29 is 30.2 Å². The number of benzene rings is 5. The third kappa shape index (κ3) is 5.53. The number of furan rings is 1. The molecule has 0 aliphatic carbocycles. The summed E-state index contributed by atoms with van der Waals surface area (Å²) in [6.07, 6.45) is 3.86. The van der Waals surface area contributed by atoms with E-state index in [1.807, 2.05) is 59.5 Å². The minimum Gasteiger partial charge on any atom is -0.512 e. The van der Waals surface area contributed by atoms with Gasteiger partial charge in [0.25, 0.3) is 0 Å². The smallest absolute Gasteiger partial charge is 0.512 e. The maximum atomic E-state index is 6.72. The van der Waals surface area contributed by atoms with E-state index >= 15 is 0 Å². The van der Waals surface area contributed by atoms with Gasteiger partial charge in [0.05, 0.1) is 17.0 Å². The fourth-order valence-corrected chi connectivity index (χ4v) is 7.46. The molecule has 9 aromatic rings. The molecule has 0 saturated carbocycles. The van der Waals surface area contributed by atoms with E-state index in [9.17, 15) is 0 Å². The van der Waals surface area contributed by atoms with E-state index < -0.39 is 0 Å². The van der Waals surface area contributed by atoms with Crippen LogP contribution in [0.1, 0.15) is 43.0 Å². The summed E-state index contributed by atoms with van der Waals surface area (Å²) in [7, 11) is 0. The van der Waals surface area contributed by atoms with E-state index in [1.165, 1.54) is 22.3 Å². The molecular formula is C45H36N4O2Pt. The molecule has 0 unspecified atom stereocenters. The van der Waals surface area contributed by atoms with Crippen molar-refractivity contribution in [2.75, 3.05) is 0 Å². The molecule has 0 aliphatic heterocycles. The van der Waals surface area contributed by atoms with Gasteiger partial charge in [0.2, 0.25) is 0 Å². The third-order valence-electron chi connectivity index (χ3n) is 9.73. The van der Waals surface area contributed by atoms with Crippen LogP contribution in [0.5, 0.6) is 11.5 Å². The van der Waals surface area contributed by atoms with Crippen LogP contribution in [0.4, 0.5) is 0 Å². The molecular weight excluding hydrogens is 824 g/mol. The molecule has 6 nitrogen and oxygen atoms in total. The van der Waals surface area contributed by atoms with Crippen LogP contribution in [0.3, 0.4) is 0 Å². The maximum absolute atomic E-state index is 6.72. The van der Waals surface area contributed by atoms with Crippen molar-refractivity contribution >= 4 is 43.7 Å². The molecule has 4 aromatic heterocycles. The monoisotopic (exact) mass is 859 g/mol. The molecule has 9 rings (SSSR count). The minimum atomic E-state index is -0.0452. The topological polar surface area (TPSA) is 58.0 Å². The molecule has 0 amide bonds. The van der Waals surface area contributed by atoms with E-state index in [0.717, 1.165) is 60.9 Å². The van der Waals surface area contributed by atoms with Crippen molar-refractivity contribution in [2.45, 2.75) is 47.0 Å². The second-order valence-electron chi connectivity index (χ2n) is 14.4. The zero-order valence-corrected chi connectivity index (χ0v) is 32.1. The Morgan fingerprint density at radius 2 is 1.52 bits per heavy atom. The fraction of sp³-hybridized carbons (Fsp3) is 0.156. The van der Waals surface area contributed by atoms with Gasteiger partial charge in [-0.25, -0.2) is 4.98 Å². The van der Waals surface area contributed by atoms with Gasteiger partial charge in [-0.15, -0.1) is 24.3 Å².